The first-order valence-corrected chi connectivity index (χ1v) is 10.5. The number of nitrogens with zero attached hydrogens (tertiary/aromatic N) is 3. The molecule has 0 spiro atoms. The first kappa shape index (κ1) is 18.3. The van der Waals surface area contributed by atoms with Gasteiger partial charge in [-0.2, -0.15) is 0 Å². The molecule has 1 atom stereocenters. The molecular formula is C19H19BrN4O2S. The summed E-state index contributed by atoms with van der Waals surface area (Å²) < 4.78 is 8.31. The summed E-state index contributed by atoms with van der Waals surface area (Å²) in [4.78, 5) is 12.3. The Bertz CT molecular complexity index is 936. The minimum atomic E-state index is -0.250. The molecular weight excluding hydrogens is 428 g/mol. The molecule has 2 heterocycles. The zero-order valence-electron chi connectivity index (χ0n) is 14.8. The molecule has 1 aliphatic rings. The lowest BCUT2D eigenvalue weighted by molar-refractivity contribution is -0.120. The number of benzene rings is 1. The van der Waals surface area contributed by atoms with Gasteiger partial charge in [-0.15, -0.1) is 10.2 Å². The largest absolute Gasteiger partial charge is 0.446 e. The predicted octanol–water partition coefficient (Wildman–Crippen LogP) is 4.11. The Balaban J connectivity index is 1.61. The van der Waals surface area contributed by atoms with E-state index in [4.69, 9.17) is 4.42 Å². The molecule has 2 aromatic heterocycles. The minimum absolute atomic E-state index is 0.0408. The van der Waals surface area contributed by atoms with Gasteiger partial charge in [-0.25, -0.2) is 0 Å². The fourth-order valence-electron chi connectivity index (χ4n) is 2.66. The van der Waals surface area contributed by atoms with E-state index in [9.17, 15) is 4.79 Å². The highest BCUT2D eigenvalue weighted by Crippen LogP contribution is 2.30. The third-order valence-electron chi connectivity index (χ3n) is 4.27. The number of hydrogen-bond donors (Lipinski definition) is 1. The summed E-state index contributed by atoms with van der Waals surface area (Å²) in [7, 11) is 0. The van der Waals surface area contributed by atoms with Crippen molar-refractivity contribution >= 4 is 33.6 Å². The van der Waals surface area contributed by atoms with Crippen LogP contribution in [0.15, 0.2) is 56.7 Å². The lowest BCUT2D eigenvalue weighted by Gasteiger charge is -2.13. The van der Waals surface area contributed by atoms with Gasteiger partial charge in [-0.05, 0) is 53.4 Å². The van der Waals surface area contributed by atoms with Crippen LogP contribution in [0.1, 0.15) is 25.3 Å². The lowest BCUT2D eigenvalue weighted by Crippen LogP contribution is -2.32. The number of amides is 1. The average Bonchev–Trinajstić information content (AvgIpc) is 3.25. The van der Waals surface area contributed by atoms with Crippen LogP contribution in [0.3, 0.4) is 0 Å². The Morgan fingerprint density at radius 3 is 2.74 bits per heavy atom. The SMILES string of the molecule is CC(Sc1nnc(-c2ccc(Br)o2)n1Cc1ccccc1)C(=O)NC1CC1. The van der Waals surface area contributed by atoms with Crippen LogP contribution < -0.4 is 5.32 Å². The summed E-state index contributed by atoms with van der Waals surface area (Å²) in [6.07, 6.45) is 2.15. The number of rotatable bonds is 7. The quantitative estimate of drug-likeness (QED) is 0.552. The molecule has 4 rings (SSSR count). The van der Waals surface area contributed by atoms with Gasteiger partial charge in [0, 0.05) is 6.04 Å². The Hall–Kier alpha value is -2.06. The standard InChI is InChI=1S/C19H19BrN4O2S/c1-12(18(25)21-14-7-8-14)27-19-23-22-17(15-9-10-16(20)26-15)24(19)11-13-5-3-2-4-6-13/h2-6,9-10,12,14H,7-8,11H2,1H3,(H,21,25). The van der Waals surface area contributed by atoms with Crippen molar-refractivity contribution in [3.63, 3.8) is 0 Å². The summed E-state index contributed by atoms with van der Waals surface area (Å²) in [6, 6.07) is 14.1. The predicted molar refractivity (Wildman–Crippen MR) is 107 cm³/mol. The molecule has 1 N–H and O–H groups in total. The molecule has 0 radical (unpaired) electrons. The molecule has 1 amide bonds. The normalized spacial score (nSPS) is 14.9. The van der Waals surface area contributed by atoms with Crippen LogP contribution in [-0.4, -0.2) is 32.0 Å². The van der Waals surface area contributed by atoms with Crippen LogP contribution in [0.5, 0.6) is 0 Å². The molecule has 0 bridgehead atoms. The van der Waals surface area contributed by atoms with E-state index < -0.39 is 0 Å². The van der Waals surface area contributed by atoms with Gasteiger partial charge in [0.15, 0.2) is 15.6 Å². The number of furan rings is 1. The zero-order chi connectivity index (χ0) is 18.8. The summed E-state index contributed by atoms with van der Waals surface area (Å²) in [5, 5.41) is 12.2. The van der Waals surface area contributed by atoms with Crippen molar-refractivity contribution < 1.29 is 9.21 Å². The molecule has 1 fully saturated rings. The number of carbonyl (C=O) groups excluding carboxylic acids is 1. The van der Waals surface area contributed by atoms with Crippen LogP contribution in [0.25, 0.3) is 11.6 Å². The Morgan fingerprint density at radius 2 is 2.07 bits per heavy atom. The van der Waals surface area contributed by atoms with Gasteiger partial charge >= 0.3 is 0 Å². The maximum Gasteiger partial charge on any atom is 0.233 e. The van der Waals surface area contributed by atoms with Crippen molar-refractivity contribution in [2.24, 2.45) is 0 Å². The molecule has 1 aromatic carbocycles. The number of halogens is 1. The van der Waals surface area contributed by atoms with E-state index in [2.05, 4.69) is 43.6 Å². The number of aromatic nitrogens is 3. The molecule has 6 nitrogen and oxygen atoms in total. The highest BCUT2D eigenvalue weighted by atomic mass is 79.9. The number of carbonyl (C=O) groups is 1. The van der Waals surface area contributed by atoms with E-state index in [1.165, 1.54) is 11.8 Å². The van der Waals surface area contributed by atoms with E-state index in [1.807, 2.05) is 41.8 Å². The third kappa shape index (κ3) is 4.44. The Kier molecular flexibility index (Phi) is 5.36. The smallest absolute Gasteiger partial charge is 0.233 e. The molecule has 0 saturated heterocycles. The minimum Gasteiger partial charge on any atom is -0.446 e. The van der Waals surface area contributed by atoms with Crippen molar-refractivity contribution in [1.29, 1.82) is 0 Å². The summed E-state index contributed by atoms with van der Waals surface area (Å²) in [5.41, 5.74) is 1.13. The van der Waals surface area contributed by atoms with E-state index >= 15 is 0 Å². The number of thioether (sulfide) groups is 1. The zero-order valence-corrected chi connectivity index (χ0v) is 17.2. The van der Waals surface area contributed by atoms with Crippen LogP contribution in [0, 0.1) is 0 Å². The van der Waals surface area contributed by atoms with Crippen molar-refractivity contribution in [2.45, 2.75) is 42.8 Å². The van der Waals surface area contributed by atoms with E-state index in [0.29, 0.717) is 34.0 Å². The number of nitrogens with one attached hydrogen (secondary N) is 1. The molecule has 1 saturated carbocycles. The van der Waals surface area contributed by atoms with Crippen LogP contribution in [-0.2, 0) is 11.3 Å². The fourth-order valence-corrected chi connectivity index (χ4v) is 3.82. The second kappa shape index (κ2) is 7.90. The summed E-state index contributed by atoms with van der Waals surface area (Å²) >= 11 is 4.75. The molecule has 8 heteroatoms. The first-order valence-electron chi connectivity index (χ1n) is 8.80. The monoisotopic (exact) mass is 446 g/mol. The van der Waals surface area contributed by atoms with Gasteiger partial charge in [-0.1, -0.05) is 42.1 Å². The number of hydrogen-bond acceptors (Lipinski definition) is 5. The van der Waals surface area contributed by atoms with Gasteiger partial charge in [0.1, 0.15) is 0 Å². The van der Waals surface area contributed by atoms with E-state index in [0.717, 1.165) is 18.4 Å². The maximum atomic E-state index is 12.3. The maximum absolute atomic E-state index is 12.3. The Labute approximate surface area is 169 Å². The van der Waals surface area contributed by atoms with Crippen molar-refractivity contribution in [3.05, 3.63) is 52.7 Å². The molecule has 3 aromatic rings. The second-order valence-corrected chi connectivity index (χ2v) is 8.61. The van der Waals surface area contributed by atoms with Gasteiger partial charge in [0.2, 0.25) is 11.7 Å². The average molecular weight is 447 g/mol. The fraction of sp³-hybridized carbons (Fsp3) is 0.316. The van der Waals surface area contributed by atoms with Crippen molar-refractivity contribution in [1.82, 2.24) is 20.1 Å². The van der Waals surface area contributed by atoms with Gasteiger partial charge in [0.25, 0.3) is 0 Å². The van der Waals surface area contributed by atoms with Gasteiger partial charge in [-0.3, -0.25) is 9.36 Å². The molecule has 1 aliphatic carbocycles. The lowest BCUT2D eigenvalue weighted by atomic mass is 10.2. The van der Waals surface area contributed by atoms with E-state index in [-0.39, 0.29) is 11.2 Å². The molecule has 140 valence electrons. The van der Waals surface area contributed by atoms with Crippen LogP contribution in [0.2, 0.25) is 0 Å². The second-order valence-electron chi connectivity index (χ2n) is 6.52. The topological polar surface area (TPSA) is 73.0 Å². The van der Waals surface area contributed by atoms with Gasteiger partial charge in [0.05, 0.1) is 11.8 Å². The third-order valence-corrected chi connectivity index (χ3v) is 5.78. The highest BCUT2D eigenvalue weighted by molar-refractivity contribution is 9.10. The Morgan fingerprint density at radius 1 is 1.30 bits per heavy atom. The van der Waals surface area contributed by atoms with Crippen molar-refractivity contribution in [2.75, 3.05) is 0 Å². The van der Waals surface area contributed by atoms with Crippen molar-refractivity contribution in [3.8, 4) is 11.6 Å². The van der Waals surface area contributed by atoms with Crippen LogP contribution >= 0.6 is 27.7 Å². The molecule has 0 aliphatic heterocycles. The summed E-state index contributed by atoms with van der Waals surface area (Å²) in [5.74, 6) is 1.31. The van der Waals surface area contributed by atoms with Crippen LogP contribution in [0.4, 0.5) is 0 Å². The van der Waals surface area contributed by atoms with E-state index in [1.54, 1.807) is 0 Å². The van der Waals surface area contributed by atoms with Gasteiger partial charge < -0.3 is 9.73 Å². The highest BCUT2D eigenvalue weighted by Gasteiger charge is 2.27. The first-order chi connectivity index (χ1) is 13.1. The summed E-state index contributed by atoms with van der Waals surface area (Å²) in [6.45, 7) is 2.49. The molecule has 1 unspecified atom stereocenters. The molecule has 27 heavy (non-hydrogen) atoms.